The van der Waals surface area contributed by atoms with Crippen LogP contribution in [0.5, 0.6) is 0 Å². The minimum absolute atomic E-state index is 1.15. The van der Waals surface area contributed by atoms with E-state index in [0.29, 0.717) is 0 Å². The van der Waals surface area contributed by atoms with Crippen LogP contribution in [0.15, 0.2) is 18.2 Å². The summed E-state index contributed by atoms with van der Waals surface area (Å²) in [6.07, 6.45) is 0. The number of anilines is 2. The smallest absolute Gasteiger partial charge is 0.120 e. The van der Waals surface area contributed by atoms with E-state index in [2.05, 4.69) is 34.7 Å². The van der Waals surface area contributed by atoms with Crippen LogP contribution in [0.3, 0.4) is 0 Å². The molecule has 3 nitrogen and oxygen atoms in total. The van der Waals surface area contributed by atoms with Crippen LogP contribution in [0, 0.1) is 6.54 Å². The molecule has 0 fully saturated rings. The fourth-order valence-corrected chi connectivity index (χ4v) is 1.58. The molecule has 1 aromatic rings. The molecular formula is C11H15N3. The zero-order chi connectivity index (χ0) is 10.3. The zero-order valence-electron chi connectivity index (χ0n) is 9.07. The highest BCUT2D eigenvalue weighted by Crippen LogP contribution is 2.32. The summed E-state index contributed by atoms with van der Waals surface area (Å²) in [5.74, 6) is 0. The van der Waals surface area contributed by atoms with Crippen LogP contribution in [0.25, 0.3) is 0 Å². The molecule has 1 aliphatic rings. The first-order valence-electron chi connectivity index (χ1n) is 4.65. The summed E-state index contributed by atoms with van der Waals surface area (Å²) in [6, 6.07) is 6.40. The number of fused-ring (bicyclic) bond motifs is 1. The van der Waals surface area contributed by atoms with Crippen molar-refractivity contribution in [1.82, 2.24) is 5.01 Å². The lowest BCUT2D eigenvalue weighted by molar-refractivity contribution is 0.432. The summed E-state index contributed by atoms with van der Waals surface area (Å²) in [6.45, 7) is 3.27. The Kier molecular flexibility index (Phi) is 2.11. The van der Waals surface area contributed by atoms with Gasteiger partial charge in [0.25, 0.3) is 0 Å². The van der Waals surface area contributed by atoms with Gasteiger partial charge >= 0.3 is 0 Å². The maximum absolute atomic E-state index is 3.27. The van der Waals surface area contributed by atoms with Crippen LogP contribution in [0.2, 0.25) is 0 Å². The van der Waals surface area contributed by atoms with Crippen molar-refractivity contribution >= 4 is 11.4 Å². The second-order valence-electron chi connectivity index (χ2n) is 3.75. The first kappa shape index (κ1) is 9.34. The van der Waals surface area contributed by atoms with Gasteiger partial charge in [-0.1, -0.05) is 0 Å². The summed E-state index contributed by atoms with van der Waals surface area (Å²) in [5, 5.41) is 4.04. The van der Waals surface area contributed by atoms with Crippen molar-refractivity contribution < 1.29 is 0 Å². The Labute approximate surface area is 85.5 Å². The molecule has 0 aromatic heterocycles. The monoisotopic (exact) mass is 189 g/mol. The van der Waals surface area contributed by atoms with Crippen LogP contribution >= 0.6 is 0 Å². The van der Waals surface area contributed by atoms with Crippen LogP contribution < -0.4 is 9.91 Å². The highest BCUT2D eigenvalue weighted by Gasteiger charge is 2.22. The number of nitrogens with zero attached hydrogens (tertiary/aromatic N) is 3. The van der Waals surface area contributed by atoms with Crippen molar-refractivity contribution in [3.05, 3.63) is 30.3 Å². The van der Waals surface area contributed by atoms with Crippen molar-refractivity contribution in [1.29, 1.82) is 0 Å². The molecular weight excluding hydrogens is 174 g/mol. The van der Waals surface area contributed by atoms with E-state index in [-0.39, 0.29) is 0 Å². The zero-order valence-corrected chi connectivity index (χ0v) is 9.07. The third kappa shape index (κ3) is 1.34. The average molecular weight is 189 g/mol. The lowest BCUT2D eigenvalue weighted by Gasteiger charge is -2.20. The first-order chi connectivity index (χ1) is 6.59. The minimum Gasteiger partial charge on any atom is -0.378 e. The van der Waals surface area contributed by atoms with Crippen LogP contribution in [0.1, 0.15) is 5.56 Å². The highest BCUT2D eigenvalue weighted by molar-refractivity contribution is 5.65. The van der Waals surface area contributed by atoms with Gasteiger partial charge in [-0.15, -0.1) is 0 Å². The number of benzene rings is 1. The molecule has 0 atom stereocenters. The SMILES string of the molecule is CN(C)c1ccc2c(c1)[C]N(C)N2C. The second kappa shape index (κ2) is 3.17. The van der Waals surface area contributed by atoms with Gasteiger partial charge in [0.2, 0.25) is 0 Å². The van der Waals surface area contributed by atoms with Crippen molar-refractivity contribution in [2.45, 2.75) is 0 Å². The van der Waals surface area contributed by atoms with E-state index in [4.69, 9.17) is 0 Å². The lowest BCUT2D eigenvalue weighted by Crippen LogP contribution is -2.28. The minimum atomic E-state index is 1.15. The molecule has 0 aliphatic carbocycles. The Morgan fingerprint density at radius 3 is 2.57 bits per heavy atom. The summed E-state index contributed by atoms with van der Waals surface area (Å²) in [7, 11) is 8.12. The summed E-state index contributed by atoms with van der Waals surface area (Å²) in [4.78, 5) is 2.10. The molecule has 0 saturated carbocycles. The molecule has 14 heavy (non-hydrogen) atoms. The predicted octanol–water partition coefficient (Wildman–Crippen LogP) is 1.44. The van der Waals surface area contributed by atoms with E-state index in [0.717, 1.165) is 5.56 Å². The Bertz CT molecular complexity index is 346. The van der Waals surface area contributed by atoms with Gasteiger partial charge in [-0.05, 0) is 18.2 Å². The molecule has 2 radical (unpaired) electrons. The standard InChI is InChI=1S/C11H15N3/c1-12(2)10-5-6-11-9(7-10)8-13(3)14(11)4/h5-7H,1-4H3. The maximum atomic E-state index is 3.27. The Balaban J connectivity index is 2.39. The van der Waals surface area contributed by atoms with E-state index in [1.165, 1.54) is 11.4 Å². The number of hydrogen-bond donors (Lipinski definition) is 0. The Hall–Kier alpha value is -1.22. The van der Waals surface area contributed by atoms with E-state index in [1.54, 1.807) is 0 Å². The van der Waals surface area contributed by atoms with Gasteiger partial charge in [0.1, 0.15) is 6.54 Å². The molecule has 0 spiro atoms. The van der Waals surface area contributed by atoms with Crippen LogP contribution in [-0.2, 0) is 0 Å². The van der Waals surface area contributed by atoms with Crippen LogP contribution in [-0.4, -0.2) is 33.2 Å². The van der Waals surface area contributed by atoms with Gasteiger partial charge in [-0.3, -0.25) is 0 Å². The first-order valence-corrected chi connectivity index (χ1v) is 4.65. The maximum Gasteiger partial charge on any atom is 0.120 e. The largest absolute Gasteiger partial charge is 0.378 e. The van der Waals surface area contributed by atoms with Crippen LogP contribution in [0.4, 0.5) is 11.4 Å². The fourth-order valence-electron chi connectivity index (χ4n) is 1.58. The average Bonchev–Trinajstić information content (AvgIpc) is 2.42. The Morgan fingerprint density at radius 2 is 1.93 bits per heavy atom. The fraction of sp³-hybridized carbons (Fsp3) is 0.364. The number of rotatable bonds is 1. The molecule has 0 unspecified atom stereocenters. The second-order valence-corrected chi connectivity index (χ2v) is 3.75. The van der Waals surface area contributed by atoms with E-state index < -0.39 is 0 Å². The molecule has 74 valence electrons. The van der Waals surface area contributed by atoms with Crippen molar-refractivity contribution in [2.24, 2.45) is 0 Å². The number of hydrogen-bond acceptors (Lipinski definition) is 3. The third-order valence-electron chi connectivity index (χ3n) is 2.58. The summed E-state index contributed by atoms with van der Waals surface area (Å²) in [5.41, 5.74) is 3.57. The van der Waals surface area contributed by atoms with E-state index in [9.17, 15) is 0 Å². The molecule has 3 heteroatoms. The molecule has 0 bridgehead atoms. The van der Waals surface area contributed by atoms with E-state index in [1.807, 2.05) is 33.2 Å². The van der Waals surface area contributed by atoms with E-state index >= 15 is 0 Å². The molecule has 1 aliphatic heterocycles. The predicted molar refractivity (Wildman–Crippen MR) is 59.3 cm³/mol. The molecule has 0 saturated heterocycles. The summed E-state index contributed by atoms with van der Waals surface area (Å²) < 4.78 is 0. The quantitative estimate of drug-likeness (QED) is 0.662. The Morgan fingerprint density at radius 1 is 1.21 bits per heavy atom. The van der Waals surface area contributed by atoms with Crippen molar-refractivity contribution in [3.63, 3.8) is 0 Å². The third-order valence-corrected chi connectivity index (χ3v) is 2.58. The van der Waals surface area contributed by atoms with Crippen molar-refractivity contribution in [2.75, 3.05) is 38.1 Å². The molecule has 0 amide bonds. The molecule has 1 aromatic carbocycles. The topological polar surface area (TPSA) is 9.72 Å². The summed E-state index contributed by atoms with van der Waals surface area (Å²) >= 11 is 0. The van der Waals surface area contributed by atoms with Crippen molar-refractivity contribution in [3.8, 4) is 0 Å². The molecule has 2 rings (SSSR count). The normalized spacial score (nSPS) is 15.9. The molecule has 1 heterocycles. The van der Waals surface area contributed by atoms with Gasteiger partial charge < -0.3 is 9.91 Å². The van der Waals surface area contributed by atoms with Gasteiger partial charge in [0.05, 0.1) is 5.69 Å². The molecule has 0 N–H and O–H groups in total. The van der Waals surface area contributed by atoms with Gasteiger partial charge in [0.15, 0.2) is 0 Å². The highest BCUT2D eigenvalue weighted by atomic mass is 15.6. The number of hydrazine groups is 1. The lowest BCUT2D eigenvalue weighted by atomic mass is 10.1. The van der Waals surface area contributed by atoms with Gasteiger partial charge in [0, 0.05) is 39.4 Å². The van der Waals surface area contributed by atoms with Gasteiger partial charge in [-0.25, -0.2) is 5.01 Å². The van der Waals surface area contributed by atoms with Gasteiger partial charge in [-0.2, -0.15) is 0 Å².